The SMILES string of the molecule is CCCCCCC/C=C\CCCCCCCO[C@@H]1C[C@@]2(C)[C@@H]3CC=C4[C@@H](C=C(O)C(=O)C4(C)C)[C@]3(C)C(=O)C[C@]2(C)C1[C@@](C)(O)C(=O)/C=C/C(C)(C)OC(C)=O. The Morgan fingerprint density at radius 1 is 0.893 bits per heavy atom. The van der Waals surface area contributed by atoms with Crippen molar-refractivity contribution in [2.75, 3.05) is 6.61 Å². The van der Waals surface area contributed by atoms with Crippen LogP contribution in [0.15, 0.2) is 47.8 Å². The third kappa shape index (κ3) is 9.07. The molecule has 4 rings (SSSR count). The molecule has 0 bridgehead atoms. The van der Waals surface area contributed by atoms with E-state index in [0.717, 1.165) is 37.7 Å². The average Bonchev–Trinajstić information content (AvgIpc) is 3.34. The Hall–Kier alpha value is -2.84. The summed E-state index contributed by atoms with van der Waals surface area (Å²) >= 11 is 0. The van der Waals surface area contributed by atoms with Gasteiger partial charge in [-0.05, 0) is 115 Å². The number of allylic oxidation sites excluding steroid dienone is 6. The molecule has 314 valence electrons. The maximum atomic E-state index is 14.8. The molecular weight excluding hydrogens is 705 g/mol. The van der Waals surface area contributed by atoms with Crippen LogP contribution in [0.5, 0.6) is 0 Å². The van der Waals surface area contributed by atoms with Crippen LogP contribution in [0.25, 0.3) is 0 Å². The van der Waals surface area contributed by atoms with Gasteiger partial charge in [-0.2, -0.15) is 0 Å². The largest absolute Gasteiger partial charge is 0.505 e. The van der Waals surface area contributed by atoms with Gasteiger partial charge < -0.3 is 19.7 Å². The summed E-state index contributed by atoms with van der Waals surface area (Å²) in [5, 5.41) is 23.3. The lowest BCUT2D eigenvalue weighted by Crippen LogP contribution is -2.64. The smallest absolute Gasteiger partial charge is 0.303 e. The van der Waals surface area contributed by atoms with Gasteiger partial charge in [0.05, 0.1) is 11.5 Å². The Morgan fingerprint density at radius 3 is 2.09 bits per heavy atom. The number of unbranched alkanes of at least 4 members (excludes halogenated alkanes) is 10. The Labute approximate surface area is 338 Å². The van der Waals surface area contributed by atoms with Crippen LogP contribution in [0, 0.1) is 39.4 Å². The molecule has 0 aromatic heterocycles. The lowest BCUT2D eigenvalue weighted by Gasteiger charge is -2.63. The number of hydrogen-bond donors (Lipinski definition) is 2. The van der Waals surface area contributed by atoms with Crippen LogP contribution in [-0.2, 0) is 28.7 Å². The van der Waals surface area contributed by atoms with Crippen LogP contribution in [-0.4, -0.2) is 57.4 Å². The monoisotopic (exact) mass is 779 g/mol. The van der Waals surface area contributed by atoms with Crippen LogP contribution in [0.3, 0.4) is 0 Å². The minimum absolute atomic E-state index is 0.00882. The van der Waals surface area contributed by atoms with Gasteiger partial charge in [0, 0.05) is 37.2 Å². The van der Waals surface area contributed by atoms with E-state index in [2.05, 4.69) is 39.0 Å². The second-order valence-corrected chi connectivity index (χ2v) is 19.5. The maximum absolute atomic E-state index is 14.8. The second-order valence-electron chi connectivity index (χ2n) is 19.5. The zero-order valence-corrected chi connectivity index (χ0v) is 36.4. The number of fused-ring (bicyclic) bond motifs is 5. The van der Waals surface area contributed by atoms with Crippen LogP contribution in [0.1, 0.15) is 166 Å². The molecule has 0 saturated heterocycles. The molecule has 4 aliphatic rings. The van der Waals surface area contributed by atoms with Crippen molar-refractivity contribution in [2.45, 2.75) is 183 Å². The third-order valence-corrected chi connectivity index (χ3v) is 14.6. The zero-order chi connectivity index (χ0) is 41.7. The highest BCUT2D eigenvalue weighted by Crippen LogP contribution is 2.74. The summed E-state index contributed by atoms with van der Waals surface area (Å²) in [6.45, 7) is 18.8. The lowest BCUT2D eigenvalue weighted by atomic mass is 9.39. The number of aliphatic hydroxyl groups is 2. The van der Waals surface area contributed by atoms with Crippen molar-refractivity contribution in [1.82, 2.24) is 0 Å². The molecule has 0 spiro atoms. The van der Waals surface area contributed by atoms with Crippen LogP contribution in [0.2, 0.25) is 0 Å². The second kappa shape index (κ2) is 18.0. The zero-order valence-electron chi connectivity index (χ0n) is 36.4. The Kier molecular flexibility index (Phi) is 14.7. The minimum atomic E-state index is -1.90. The number of hydrogen-bond acceptors (Lipinski definition) is 8. The normalized spacial score (nSPS) is 32.4. The molecule has 0 radical (unpaired) electrons. The number of ketones is 3. The molecule has 8 heteroatoms. The van der Waals surface area contributed by atoms with E-state index in [-0.39, 0.29) is 29.7 Å². The summed E-state index contributed by atoms with van der Waals surface area (Å²) in [7, 11) is 0. The molecule has 8 nitrogen and oxygen atoms in total. The summed E-state index contributed by atoms with van der Waals surface area (Å²) in [5.74, 6) is -2.98. The maximum Gasteiger partial charge on any atom is 0.303 e. The number of aliphatic hydroxyl groups excluding tert-OH is 1. The fourth-order valence-corrected chi connectivity index (χ4v) is 11.3. The molecule has 0 aliphatic heterocycles. The molecule has 8 atom stereocenters. The first-order valence-electron chi connectivity index (χ1n) is 21.7. The van der Waals surface area contributed by atoms with Gasteiger partial charge in [0.15, 0.2) is 11.5 Å². The fourth-order valence-electron chi connectivity index (χ4n) is 11.3. The van der Waals surface area contributed by atoms with Crippen molar-refractivity contribution >= 4 is 23.3 Å². The van der Waals surface area contributed by atoms with E-state index in [4.69, 9.17) is 9.47 Å². The van der Waals surface area contributed by atoms with Gasteiger partial charge in [-0.3, -0.25) is 19.2 Å². The third-order valence-electron chi connectivity index (χ3n) is 14.6. The molecule has 0 aromatic rings. The van der Waals surface area contributed by atoms with Gasteiger partial charge in [0.2, 0.25) is 5.78 Å². The van der Waals surface area contributed by atoms with Crippen LogP contribution in [0.4, 0.5) is 0 Å². The summed E-state index contributed by atoms with van der Waals surface area (Å²) in [4.78, 5) is 53.8. The van der Waals surface area contributed by atoms with Crippen molar-refractivity contribution in [3.05, 3.63) is 47.8 Å². The first-order valence-corrected chi connectivity index (χ1v) is 21.7. The number of Topliss-reactive ketones (excluding diaryl/α,β-unsaturated/α-hetero) is 2. The number of carbonyl (C=O) groups excluding carboxylic acids is 4. The van der Waals surface area contributed by atoms with E-state index in [9.17, 15) is 29.4 Å². The van der Waals surface area contributed by atoms with Crippen LogP contribution < -0.4 is 0 Å². The molecular formula is C48H74O8. The van der Waals surface area contributed by atoms with E-state index >= 15 is 0 Å². The highest BCUT2D eigenvalue weighted by Gasteiger charge is 2.74. The standard InChI is InChI=1S/C48H74O8/c1-11-12-13-14-15-16-17-18-19-20-21-22-23-24-29-55-37-31-45(7)38-26-25-34-35(30-36(50)42(53)44(34,5)6)47(38,9)40(52)32-46(45,8)41(37)48(10,54)39(51)27-28-43(3,4)56-33(2)49/h17-18,25,27-28,30,35,37-38,41,50,54H,11-16,19-24,26,29,31-32H2,1-10H3/b18-17-,28-27+/t35-,37-,38+,41?,45+,46-,47+,48+/m1/s1. The van der Waals surface area contributed by atoms with Crippen molar-refractivity contribution in [2.24, 2.45) is 39.4 Å². The first-order chi connectivity index (χ1) is 26.1. The molecule has 4 aliphatic carbocycles. The Bertz CT molecular complexity index is 1580. The average molecular weight is 779 g/mol. The predicted octanol–water partition coefficient (Wildman–Crippen LogP) is 10.5. The molecule has 0 aromatic carbocycles. The highest BCUT2D eigenvalue weighted by molar-refractivity contribution is 6.02. The van der Waals surface area contributed by atoms with E-state index in [1.807, 2.05) is 20.8 Å². The minimum Gasteiger partial charge on any atom is -0.505 e. The quantitative estimate of drug-likeness (QED) is 0.0541. The van der Waals surface area contributed by atoms with Gasteiger partial charge in [0.1, 0.15) is 17.0 Å². The van der Waals surface area contributed by atoms with Gasteiger partial charge in [-0.25, -0.2) is 0 Å². The van der Waals surface area contributed by atoms with E-state index in [1.165, 1.54) is 64.0 Å². The highest BCUT2D eigenvalue weighted by atomic mass is 16.6. The molecule has 2 saturated carbocycles. The molecule has 2 N–H and O–H groups in total. The van der Waals surface area contributed by atoms with E-state index < -0.39 is 62.6 Å². The molecule has 0 amide bonds. The number of ether oxygens (including phenoxy) is 2. The van der Waals surface area contributed by atoms with Gasteiger partial charge in [0.25, 0.3) is 0 Å². The first kappa shape index (κ1) is 45.9. The summed E-state index contributed by atoms with van der Waals surface area (Å²) in [5.41, 5.74) is -5.29. The van der Waals surface area contributed by atoms with Crippen LogP contribution >= 0.6 is 0 Å². The van der Waals surface area contributed by atoms with Crippen molar-refractivity contribution in [3.8, 4) is 0 Å². The van der Waals surface area contributed by atoms with Crippen molar-refractivity contribution in [3.63, 3.8) is 0 Å². The topological polar surface area (TPSA) is 127 Å². The van der Waals surface area contributed by atoms with Crippen molar-refractivity contribution in [1.29, 1.82) is 0 Å². The molecule has 0 heterocycles. The lowest BCUT2D eigenvalue weighted by molar-refractivity contribution is -0.180. The fraction of sp³-hybridized carbons (Fsp3) is 0.750. The Morgan fingerprint density at radius 2 is 1.48 bits per heavy atom. The van der Waals surface area contributed by atoms with E-state index in [0.29, 0.717) is 19.4 Å². The number of esters is 1. The summed E-state index contributed by atoms with van der Waals surface area (Å²) in [6, 6.07) is 0. The number of carbonyl (C=O) groups is 4. The Balaban J connectivity index is 1.54. The summed E-state index contributed by atoms with van der Waals surface area (Å²) in [6.07, 6.45) is 26.1. The molecule has 1 unspecified atom stereocenters. The molecule has 56 heavy (non-hydrogen) atoms. The predicted molar refractivity (Wildman–Crippen MR) is 222 cm³/mol. The van der Waals surface area contributed by atoms with Gasteiger partial charge in [-0.15, -0.1) is 0 Å². The summed E-state index contributed by atoms with van der Waals surface area (Å²) < 4.78 is 12.1. The van der Waals surface area contributed by atoms with E-state index in [1.54, 1.807) is 26.8 Å². The van der Waals surface area contributed by atoms with Gasteiger partial charge in [-0.1, -0.05) is 96.4 Å². The van der Waals surface area contributed by atoms with Crippen molar-refractivity contribution < 1.29 is 38.9 Å². The number of rotatable bonds is 20. The molecule has 2 fully saturated rings. The van der Waals surface area contributed by atoms with Gasteiger partial charge >= 0.3 is 5.97 Å².